The quantitative estimate of drug-likeness (QED) is 0.822. The van der Waals surface area contributed by atoms with Gasteiger partial charge in [-0.05, 0) is 65.4 Å². The van der Waals surface area contributed by atoms with E-state index < -0.39 is 0 Å². The summed E-state index contributed by atoms with van der Waals surface area (Å²) in [6, 6.07) is 2.12. The van der Waals surface area contributed by atoms with E-state index in [4.69, 9.17) is 0 Å². The molecular weight excluding hydrogens is 254 g/mol. The van der Waals surface area contributed by atoms with Crippen molar-refractivity contribution in [1.29, 1.82) is 0 Å². The van der Waals surface area contributed by atoms with Gasteiger partial charge in [0, 0.05) is 6.54 Å². The smallest absolute Gasteiger partial charge is 0.132 e. The number of aryl methyl sites for hydroxylation is 1. The van der Waals surface area contributed by atoms with Crippen LogP contribution in [-0.2, 0) is 0 Å². The lowest BCUT2D eigenvalue weighted by Crippen LogP contribution is -2.09. The zero-order valence-electron chi connectivity index (χ0n) is 9.10. The molecule has 2 N–H and O–H groups in total. The van der Waals surface area contributed by atoms with Gasteiger partial charge in [0.1, 0.15) is 5.75 Å². The summed E-state index contributed by atoms with van der Waals surface area (Å²) in [5.41, 5.74) is 3.49. The van der Waals surface area contributed by atoms with E-state index in [0.29, 0.717) is 11.7 Å². The van der Waals surface area contributed by atoms with Gasteiger partial charge in [0.2, 0.25) is 0 Å². The first kappa shape index (κ1) is 11.0. The first-order chi connectivity index (χ1) is 7.11. The summed E-state index contributed by atoms with van der Waals surface area (Å²) in [5, 5.41) is 13.2. The van der Waals surface area contributed by atoms with Gasteiger partial charge in [-0.15, -0.1) is 0 Å². The highest BCUT2D eigenvalue weighted by molar-refractivity contribution is 9.10. The lowest BCUT2D eigenvalue weighted by Gasteiger charge is -2.16. The summed E-state index contributed by atoms with van der Waals surface area (Å²) < 4.78 is 0.851. The molecule has 15 heavy (non-hydrogen) atoms. The van der Waals surface area contributed by atoms with Crippen LogP contribution in [0.1, 0.15) is 29.0 Å². The van der Waals surface area contributed by atoms with Crippen LogP contribution in [0.4, 0.5) is 0 Å². The number of benzene rings is 1. The Balaban J connectivity index is 2.47. The molecule has 1 atom stereocenters. The largest absolute Gasteiger partial charge is 0.506 e. The molecular formula is C12H16BrNO. The molecule has 1 aromatic rings. The number of rotatable bonds is 1. The van der Waals surface area contributed by atoms with Gasteiger partial charge >= 0.3 is 0 Å². The highest BCUT2D eigenvalue weighted by Crippen LogP contribution is 2.37. The van der Waals surface area contributed by atoms with E-state index in [1.54, 1.807) is 0 Å². The SMILES string of the molecule is Cc1cc(C2CCNC2)c(C)c(Br)c1O. The zero-order chi connectivity index (χ0) is 11.0. The van der Waals surface area contributed by atoms with E-state index in [1.165, 1.54) is 17.5 Å². The predicted molar refractivity (Wildman–Crippen MR) is 65.5 cm³/mol. The van der Waals surface area contributed by atoms with Crippen molar-refractivity contribution in [3.63, 3.8) is 0 Å². The summed E-state index contributed by atoms with van der Waals surface area (Å²) in [7, 11) is 0. The third-order valence-electron chi connectivity index (χ3n) is 3.22. The monoisotopic (exact) mass is 269 g/mol. The van der Waals surface area contributed by atoms with Crippen LogP contribution < -0.4 is 5.32 Å². The van der Waals surface area contributed by atoms with Gasteiger partial charge in [0.25, 0.3) is 0 Å². The van der Waals surface area contributed by atoms with E-state index in [0.717, 1.165) is 23.1 Å². The zero-order valence-corrected chi connectivity index (χ0v) is 10.7. The van der Waals surface area contributed by atoms with Gasteiger partial charge in [-0.3, -0.25) is 0 Å². The van der Waals surface area contributed by atoms with Gasteiger partial charge < -0.3 is 10.4 Å². The van der Waals surface area contributed by atoms with Gasteiger partial charge in [0.05, 0.1) is 4.47 Å². The Morgan fingerprint density at radius 2 is 2.20 bits per heavy atom. The van der Waals surface area contributed by atoms with Crippen LogP contribution in [0.25, 0.3) is 0 Å². The van der Waals surface area contributed by atoms with Gasteiger partial charge in [-0.1, -0.05) is 6.07 Å². The molecule has 1 aromatic carbocycles. The van der Waals surface area contributed by atoms with Gasteiger partial charge in [0.15, 0.2) is 0 Å². The molecule has 3 heteroatoms. The minimum atomic E-state index is 0.377. The third-order valence-corrected chi connectivity index (χ3v) is 4.19. The second-order valence-corrected chi connectivity index (χ2v) is 5.05. The second kappa shape index (κ2) is 4.14. The second-order valence-electron chi connectivity index (χ2n) is 4.26. The summed E-state index contributed by atoms with van der Waals surface area (Å²) in [6.07, 6.45) is 1.19. The van der Waals surface area contributed by atoms with Crippen molar-refractivity contribution in [3.05, 3.63) is 27.2 Å². The minimum Gasteiger partial charge on any atom is -0.506 e. The highest BCUT2D eigenvalue weighted by Gasteiger charge is 2.21. The van der Waals surface area contributed by atoms with Crippen LogP contribution in [0.5, 0.6) is 5.75 Å². The van der Waals surface area contributed by atoms with Crippen molar-refractivity contribution in [2.75, 3.05) is 13.1 Å². The molecule has 2 nitrogen and oxygen atoms in total. The number of halogens is 1. The van der Waals surface area contributed by atoms with Crippen LogP contribution in [0, 0.1) is 13.8 Å². The minimum absolute atomic E-state index is 0.377. The van der Waals surface area contributed by atoms with Crippen molar-refractivity contribution >= 4 is 15.9 Å². The molecule has 0 aliphatic carbocycles. The Kier molecular flexibility index (Phi) is 3.03. The summed E-state index contributed by atoms with van der Waals surface area (Å²) in [5.74, 6) is 0.975. The molecule has 1 unspecified atom stereocenters. The molecule has 82 valence electrons. The molecule has 1 aliphatic heterocycles. The lowest BCUT2D eigenvalue weighted by molar-refractivity contribution is 0.466. The lowest BCUT2D eigenvalue weighted by atomic mass is 9.92. The van der Waals surface area contributed by atoms with Crippen LogP contribution >= 0.6 is 15.9 Å². The fraction of sp³-hybridized carbons (Fsp3) is 0.500. The first-order valence-electron chi connectivity index (χ1n) is 5.30. The molecule has 0 spiro atoms. The maximum absolute atomic E-state index is 9.79. The molecule has 0 aromatic heterocycles. The molecule has 1 saturated heterocycles. The Morgan fingerprint density at radius 1 is 1.47 bits per heavy atom. The first-order valence-corrected chi connectivity index (χ1v) is 6.10. The van der Waals surface area contributed by atoms with Crippen molar-refractivity contribution in [2.45, 2.75) is 26.2 Å². The highest BCUT2D eigenvalue weighted by atomic mass is 79.9. The van der Waals surface area contributed by atoms with Crippen molar-refractivity contribution < 1.29 is 5.11 Å². The van der Waals surface area contributed by atoms with Crippen LogP contribution in [0.15, 0.2) is 10.5 Å². The normalized spacial score (nSPS) is 20.9. The molecule has 0 saturated carbocycles. The maximum atomic E-state index is 9.79. The molecule has 2 rings (SSSR count). The molecule has 1 heterocycles. The van der Waals surface area contributed by atoms with E-state index in [2.05, 4.69) is 34.2 Å². The number of nitrogens with one attached hydrogen (secondary N) is 1. The van der Waals surface area contributed by atoms with Crippen molar-refractivity contribution in [2.24, 2.45) is 0 Å². The number of phenols is 1. The topological polar surface area (TPSA) is 32.3 Å². The Labute approximate surface area is 98.8 Å². The fourth-order valence-corrected chi connectivity index (χ4v) is 2.77. The van der Waals surface area contributed by atoms with E-state index in [1.807, 2.05) is 6.92 Å². The number of aromatic hydroxyl groups is 1. The summed E-state index contributed by atoms with van der Waals surface area (Å²) in [4.78, 5) is 0. The van der Waals surface area contributed by atoms with Crippen LogP contribution in [0.3, 0.4) is 0 Å². The Bertz CT molecular complexity index is 384. The molecule has 1 aliphatic rings. The predicted octanol–water partition coefficient (Wildman–Crippen LogP) is 2.85. The maximum Gasteiger partial charge on any atom is 0.132 e. The van der Waals surface area contributed by atoms with E-state index >= 15 is 0 Å². The van der Waals surface area contributed by atoms with E-state index in [-0.39, 0.29) is 0 Å². The van der Waals surface area contributed by atoms with Gasteiger partial charge in [-0.2, -0.15) is 0 Å². The van der Waals surface area contributed by atoms with Gasteiger partial charge in [-0.25, -0.2) is 0 Å². The van der Waals surface area contributed by atoms with Crippen molar-refractivity contribution in [1.82, 2.24) is 5.32 Å². The standard InChI is InChI=1S/C12H16BrNO/c1-7-5-10(9-3-4-14-6-9)8(2)11(13)12(7)15/h5,9,14-15H,3-4,6H2,1-2H3. The average Bonchev–Trinajstić information content (AvgIpc) is 2.73. The number of hydrogen-bond donors (Lipinski definition) is 2. The summed E-state index contributed by atoms with van der Waals surface area (Å²) >= 11 is 3.46. The Hall–Kier alpha value is -0.540. The number of hydrogen-bond acceptors (Lipinski definition) is 2. The molecule has 0 radical (unpaired) electrons. The molecule has 0 bridgehead atoms. The van der Waals surface area contributed by atoms with Crippen molar-refractivity contribution in [3.8, 4) is 5.75 Å². The van der Waals surface area contributed by atoms with Crippen LogP contribution in [0.2, 0.25) is 0 Å². The van der Waals surface area contributed by atoms with E-state index in [9.17, 15) is 5.11 Å². The summed E-state index contributed by atoms with van der Waals surface area (Å²) in [6.45, 7) is 6.17. The Morgan fingerprint density at radius 3 is 2.80 bits per heavy atom. The fourth-order valence-electron chi connectivity index (χ4n) is 2.23. The molecule has 1 fully saturated rings. The average molecular weight is 270 g/mol. The molecule has 0 amide bonds. The van der Waals surface area contributed by atoms with Crippen LogP contribution in [-0.4, -0.2) is 18.2 Å². The number of phenolic OH excluding ortho intramolecular Hbond substituents is 1. The third kappa shape index (κ3) is 1.91.